The van der Waals surface area contributed by atoms with Crippen LogP contribution in [0.4, 0.5) is 17.1 Å². The van der Waals surface area contributed by atoms with Crippen molar-refractivity contribution in [3.05, 3.63) is 76.0 Å². The van der Waals surface area contributed by atoms with E-state index in [0.717, 1.165) is 23.2 Å². The Labute approximate surface area is 184 Å². The molecule has 2 amide bonds. The molecule has 31 heavy (non-hydrogen) atoms. The molecule has 0 aliphatic heterocycles. The molecule has 8 nitrogen and oxygen atoms in total. The smallest absolute Gasteiger partial charge is 0.265 e. The van der Waals surface area contributed by atoms with E-state index in [0.29, 0.717) is 33.9 Å². The predicted molar refractivity (Wildman–Crippen MR) is 122 cm³/mol. The Morgan fingerprint density at radius 2 is 1.61 bits per heavy atom. The van der Waals surface area contributed by atoms with Crippen molar-refractivity contribution in [1.82, 2.24) is 0 Å². The Morgan fingerprint density at radius 3 is 2.29 bits per heavy atom. The van der Waals surface area contributed by atoms with E-state index in [1.807, 2.05) is 12.1 Å². The van der Waals surface area contributed by atoms with Gasteiger partial charge in [-0.05, 0) is 48.4 Å². The van der Waals surface area contributed by atoms with Crippen molar-refractivity contribution in [2.24, 2.45) is 0 Å². The summed E-state index contributed by atoms with van der Waals surface area (Å²) in [5, 5.41) is 16.0. The Hall–Kier alpha value is -3.21. The highest BCUT2D eigenvalue weighted by molar-refractivity contribution is 7.92. The predicted octanol–water partition coefficient (Wildman–Crippen LogP) is 3.16. The summed E-state index contributed by atoms with van der Waals surface area (Å²) in [6, 6.07) is 15.0. The molecule has 1 heterocycles. The molecule has 0 fully saturated rings. The van der Waals surface area contributed by atoms with Gasteiger partial charge in [-0.15, -0.1) is 11.3 Å². The normalized spacial score (nSPS) is 11.0. The summed E-state index contributed by atoms with van der Waals surface area (Å²) < 4.78 is 25.1. The lowest BCUT2D eigenvalue weighted by molar-refractivity contribution is 0.102. The lowest BCUT2D eigenvalue weighted by Crippen LogP contribution is -2.13. The van der Waals surface area contributed by atoms with E-state index in [2.05, 4.69) is 15.4 Å². The maximum atomic E-state index is 12.5. The lowest BCUT2D eigenvalue weighted by Gasteiger charge is -2.07. The van der Waals surface area contributed by atoms with Gasteiger partial charge in [-0.2, -0.15) is 0 Å². The van der Waals surface area contributed by atoms with Crippen LogP contribution in [0.1, 0.15) is 25.6 Å². The van der Waals surface area contributed by atoms with Crippen molar-refractivity contribution in [3.8, 4) is 0 Å². The number of amides is 2. The molecule has 0 saturated heterocycles. The molecular formula is C21H21N3O5S2. The second-order valence-corrected chi connectivity index (χ2v) is 9.39. The molecular weight excluding hydrogens is 438 g/mol. The Kier molecular flexibility index (Phi) is 7.06. The van der Waals surface area contributed by atoms with Crippen LogP contribution in [0.25, 0.3) is 0 Å². The summed E-state index contributed by atoms with van der Waals surface area (Å²) in [5.74, 6) is -0.751. The molecule has 3 rings (SSSR count). The standard InChI is InChI=1S/C21H21N3O5S2/c1-31(28,29)24-18-4-2-3-17(12-18)23-21(27)19-11-15(13-30-19)20(26)22-16-7-5-14(6-8-16)9-10-25/h2-8,11-13,24-25H,9-10H2,1H3,(H,22,26)(H,23,27). The SMILES string of the molecule is CS(=O)(=O)Nc1cccc(NC(=O)c2cc(C(=O)Nc3ccc(CCO)cc3)cs2)c1. The first-order valence-electron chi connectivity index (χ1n) is 9.22. The van der Waals surface area contributed by atoms with Crippen LogP contribution >= 0.6 is 11.3 Å². The summed E-state index contributed by atoms with van der Waals surface area (Å²) in [4.78, 5) is 25.3. The van der Waals surface area contributed by atoms with Crippen molar-refractivity contribution in [2.45, 2.75) is 6.42 Å². The number of sulfonamides is 1. The second kappa shape index (κ2) is 9.73. The lowest BCUT2D eigenvalue weighted by atomic mass is 10.1. The van der Waals surface area contributed by atoms with E-state index in [4.69, 9.17) is 5.11 Å². The zero-order valence-electron chi connectivity index (χ0n) is 16.6. The molecule has 0 bridgehead atoms. The molecule has 0 atom stereocenters. The fraction of sp³-hybridized carbons (Fsp3) is 0.143. The summed E-state index contributed by atoms with van der Waals surface area (Å²) in [6.45, 7) is 0.0595. The second-order valence-electron chi connectivity index (χ2n) is 6.73. The molecule has 1 aromatic heterocycles. The van der Waals surface area contributed by atoms with Crippen LogP contribution in [0.2, 0.25) is 0 Å². The third kappa shape index (κ3) is 6.64. The maximum absolute atomic E-state index is 12.5. The van der Waals surface area contributed by atoms with Gasteiger partial charge in [-0.1, -0.05) is 18.2 Å². The first-order chi connectivity index (χ1) is 14.7. The number of anilines is 3. The van der Waals surface area contributed by atoms with Gasteiger partial charge < -0.3 is 15.7 Å². The first-order valence-corrected chi connectivity index (χ1v) is 12.0. The minimum atomic E-state index is -3.43. The maximum Gasteiger partial charge on any atom is 0.265 e. The molecule has 0 radical (unpaired) electrons. The number of hydrogen-bond acceptors (Lipinski definition) is 6. The minimum absolute atomic E-state index is 0.0595. The average Bonchev–Trinajstić information content (AvgIpc) is 3.19. The molecule has 4 N–H and O–H groups in total. The van der Waals surface area contributed by atoms with E-state index in [9.17, 15) is 18.0 Å². The van der Waals surface area contributed by atoms with Crippen molar-refractivity contribution in [1.29, 1.82) is 0 Å². The number of thiophene rings is 1. The average molecular weight is 460 g/mol. The summed E-state index contributed by atoms with van der Waals surface area (Å²) in [5.41, 5.74) is 2.67. The fourth-order valence-corrected chi connectivity index (χ4v) is 4.07. The molecule has 3 aromatic rings. The Morgan fingerprint density at radius 1 is 0.935 bits per heavy atom. The number of hydrogen-bond donors (Lipinski definition) is 4. The van der Waals surface area contributed by atoms with Crippen LogP contribution in [0.15, 0.2) is 60.0 Å². The first kappa shape index (κ1) is 22.5. The van der Waals surface area contributed by atoms with Gasteiger partial charge >= 0.3 is 0 Å². The number of aliphatic hydroxyl groups is 1. The van der Waals surface area contributed by atoms with Crippen LogP contribution in [-0.4, -0.2) is 38.2 Å². The molecule has 0 spiro atoms. The van der Waals surface area contributed by atoms with E-state index in [-0.39, 0.29) is 12.5 Å². The van der Waals surface area contributed by atoms with Crippen LogP contribution in [-0.2, 0) is 16.4 Å². The third-order valence-electron chi connectivity index (χ3n) is 4.12. The van der Waals surface area contributed by atoms with Crippen LogP contribution in [0.5, 0.6) is 0 Å². The molecule has 0 aliphatic rings. The van der Waals surface area contributed by atoms with Gasteiger partial charge in [0.25, 0.3) is 11.8 Å². The molecule has 0 aliphatic carbocycles. The van der Waals surface area contributed by atoms with Gasteiger partial charge in [-0.25, -0.2) is 8.42 Å². The number of carbonyl (C=O) groups is 2. The fourth-order valence-electron chi connectivity index (χ4n) is 2.73. The zero-order chi connectivity index (χ0) is 22.4. The van der Waals surface area contributed by atoms with Gasteiger partial charge in [-0.3, -0.25) is 14.3 Å². The van der Waals surface area contributed by atoms with E-state index >= 15 is 0 Å². The number of carbonyl (C=O) groups excluding carboxylic acids is 2. The van der Waals surface area contributed by atoms with Crippen molar-refractivity contribution >= 4 is 50.2 Å². The van der Waals surface area contributed by atoms with E-state index < -0.39 is 15.9 Å². The highest BCUT2D eigenvalue weighted by atomic mass is 32.2. The summed E-state index contributed by atoms with van der Waals surface area (Å²) in [6.07, 6.45) is 1.59. The minimum Gasteiger partial charge on any atom is -0.396 e. The van der Waals surface area contributed by atoms with Gasteiger partial charge in [0.1, 0.15) is 0 Å². The highest BCUT2D eigenvalue weighted by Crippen LogP contribution is 2.21. The summed E-state index contributed by atoms with van der Waals surface area (Å²) in [7, 11) is -3.43. The van der Waals surface area contributed by atoms with E-state index in [1.165, 1.54) is 12.1 Å². The highest BCUT2D eigenvalue weighted by Gasteiger charge is 2.14. The molecule has 2 aromatic carbocycles. The van der Waals surface area contributed by atoms with Gasteiger partial charge in [0.15, 0.2) is 0 Å². The Bertz CT molecular complexity index is 1190. The monoisotopic (exact) mass is 459 g/mol. The topological polar surface area (TPSA) is 125 Å². The largest absolute Gasteiger partial charge is 0.396 e. The van der Waals surface area contributed by atoms with E-state index in [1.54, 1.807) is 35.7 Å². The number of rotatable bonds is 8. The van der Waals surface area contributed by atoms with Crippen LogP contribution < -0.4 is 15.4 Å². The van der Waals surface area contributed by atoms with Gasteiger partial charge in [0.05, 0.1) is 22.4 Å². The summed E-state index contributed by atoms with van der Waals surface area (Å²) >= 11 is 1.13. The zero-order valence-corrected chi connectivity index (χ0v) is 18.2. The molecule has 10 heteroatoms. The van der Waals surface area contributed by atoms with Crippen molar-refractivity contribution in [3.63, 3.8) is 0 Å². The van der Waals surface area contributed by atoms with Crippen molar-refractivity contribution in [2.75, 3.05) is 28.2 Å². The number of aliphatic hydroxyl groups excluding tert-OH is 1. The number of nitrogens with one attached hydrogen (secondary N) is 3. The quantitative estimate of drug-likeness (QED) is 0.412. The van der Waals surface area contributed by atoms with Gasteiger partial charge in [0, 0.05) is 23.4 Å². The number of benzene rings is 2. The molecule has 162 valence electrons. The van der Waals surface area contributed by atoms with Crippen LogP contribution in [0, 0.1) is 0 Å². The molecule has 0 saturated carbocycles. The van der Waals surface area contributed by atoms with Crippen molar-refractivity contribution < 1.29 is 23.1 Å². The van der Waals surface area contributed by atoms with Crippen LogP contribution in [0.3, 0.4) is 0 Å². The third-order valence-corrected chi connectivity index (χ3v) is 5.66. The Balaban J connectivity index is 1.64. The van der Waals surface area contributed by atoms with Gasteiger partial charge in [0.2, 0.25) is 10.0 Å². The molecule has 0 unspecified atom stereocenters.